The molecule has 0 bridgehead atoms. The van der Waals surface area contributed by atoms with Crippen LogP contribution >= 0.6 is 43.6 Å². The van der Waals surface area contributed by atoms with E-state index in [2.05, 4.69) is 37.2 Å². The van der Waals surface area contributed by atoms with Crippen molar-refractivity contribution in [2.75, 3.05) is 23.1 Å². The van der Waals surface area contributed by atoms with Crippen LogP contribution in [0.15, 0.2) is 21.1 Å². The van der Waals surface area contributed by atoms with E-state index in [1.54, 1.807) is 6.07 Å². The molecule has 0 aliphatic carbocycles. The van der Waals surface area contributed by atoms with E-state index in [4.69, 9.17) is 5.73 Å². The lowest BCUT2D eigenvalue weighted by molar-refractivity contribution is -0.113. The van der Waals surface area contributed by atoms with E-state index >= 15 is 0 Å². The van der Waals surface area contributed by atoms with Crippen LogP contribution in [-0.2, 0) is 4.79 Å². The van der Waals surface area contributed by atoms with E-state index in [0.29, 0.717) is 17.1 Å². The van der Waals surface area contributed by atoms with E-state index in [-0.39, 0.29) is 5.91 Å². The molecule has 0 aromatic heterocycles. The van der Waals surface area contributed by atoms with Gasteiger partial charge in [-0.25, -0.2) is 0 Å². The number of halogens is 2. The first-order valence-electron chi connectivity index (χ1n) is 4.08. The number of benzene rings is 1. The Morgan fingerprint density at radius 2 is 2.20 bits per heavy atom. The molecule has 0 radical (unpaired) electrons. The lowest BCUT2D eigenvalue weighted by Crippen LogP contribution is -2.15. The number of hydrogen-bond acceptors (Lipinski definition) is 3. The van der Waals surface area contributed by atoms with Crippen LogP contribution in [0, 0.1) is 0 Å². The molecule has 1 rings (SSSR count). The number of amides is 1. The van der Waals surface area contributed by atoms with Gasteiger partial charge in [0, 0.05) is 8.95 Å². The fourth-order valence-electron chi connectivity index (χ4n) is 1.03. The van der Waals surface area contributed by atoms with Crippen molar-refractivity contribution in [2.24, 2.45) is 0 Å². The topological polar surface area (TPSA) is 55.1 Å². The highest BCUT2D eigenvalue weighted by Crippen LogP contribution is 2.32. The Morgan fingerprint density at radius 1 is 1.53 bits per heavy atom. The van der Waals surface area contributed by atoms with Crippen molar-refractivity contribution >= 4 is 60.9 Å². The maximum absolute atomic E-state index is 11.4. The standard InChI is InChI=1S/C9H10Br2N2OS/c1-15-4-8(14)13-9-6(11)2-5(10)3-7(9)12/h2-3H,4,12H2,1H3,(H,13,14). The Morgan fingerprint density at radius 3 is 2.73 bits per heavy atom. The summed E-state index contributed by atoms with van der Waals surface area (Å²) < 4.78 is 1.64. The maximum Gasteiger partial charge on any atom is 0.234 e. The quantitative estimate of drug-likeness (QED) is 0.821. The van der Waals surface area contributed by atoms with Crippen molar-refractivity contribution in [3.63, 3.8) is 0 Å². The number of thioether (sulfide) groups is 1. The van der Waals surface area contributed by atoms with Gasteiger partial charge in [-0.05, 0) is 34.3 Å². The largest absolute Gasteiger partial charge is 0.397 e. The second-order valence-electron chi connectivity index (χ2n) is 2.83. The van der Waals surface area contributed by atoms with Gasteiger partial charge < -0.3 is 11.1 Å². The van der Waals surface area contributed by atoms with Gasteiger partial charge in [0.1, 0.15) is 0 Å². The van der Waals surface area contributed by atoms with Crippen LogP contribution in [0.25, 0.3) is 0 Å². The molecule has 3 N–H and O–H groups in total. The predicted molar refractivity (Wildman–Crippen MR) is 73.3 cm³/mol. The van der Waals surface area contributed by atoms with Gasteiger partial charge in [0.05, 0.1) is 17.1 Å². The summed E-state index contributed by atoms with van der Waals surface area (Å²) in [7, 11) is 0. The molecule has 0 saturated carbocycles. The van der Waals surface area contributed by atoms with Gasteiger partial charge in [-0.2, -0.15) is 11.8 Å². The molecule has 1 aromatic rings. The minimum atomic E-state index is -0.0581. The Hall–Kier alpha value is -0.200. The first kappa shape index (κ1) is 12.9. The second-order valence-corrected chi connectivity index (χ2v) is 5.47. The van der Waals surface area contributed by atoms with E-state index in [0.717, 1.165) is 8.95 Å². The van der Waals surface area contributed by atoms with Gasteiger partial charge in [-0.3, -0.25) is 4.79 Å². The number of anilines is 2. The zero-order chi connectivity index (χ0) is 11.4. The minimum Gasteiger partial charge on any atom is -0.397 e. The molecule has 0 heterocycles. The maximum atomic E-state index is 11.4. The summed E-state index contributed by atoms with van der Waals surface area (Å²) >= 11 is 8.13. The number of carbonyl (C=O) groups is 1. The Bertz CT molecular complexity index is 361. The van der Waals surface area contributed by atoms with Gasteiger partial charge in [-0.1, -0.05) is 15.9 Å². The van der Waals surface area contributed by atoms with Gasteiger partial charge in [0.25, 0.3) is 0 Å². The third-order valence-electron chi connectivity index (χ3n) is 1.63. The summed E-state index contributed by atoms with van der Waals surface area (Å²) in [4.78, 5) is 11.4. The van der Waals surface area contributed by atoms with Crippen LogP contribution < -0.4 is 11.1 Å². The fourth-order valence-corrected chi connectivity index (χ4v) is 2.72. The van der Waals surface area contributed by atoms with E-state index in [1.807, 2.05) is 12.3 Å². The fraction of sp³-hybridized carbons (Fsp3) is 0.222. The SMILES string of the molecule is CSCC(=O)Nc1c(N)cc(Br)cc1Br. The number of nitrogens with two attached hydrogens (primary N) is 1. The molecule has 0 unspecified atom stereocenters. The van der Waals surface area contributed by atoms with Gasteiger partial charge >= 0.3 is 0 Å². The van der Waals surface area contributed by atoms with Crippen LogP contribution in [-0.4, -0.2) is 17.9 Å². The molecule has 1 aromatic carbocycles. The van der Waals surface area contributed by atoms with Crippen LogP contribution in [0.1, 0.15) is 0 Å². The lowest BCUT2D eigenvalue weighted by atomic mass is 10.2. The summed E-state index contributed by atoms with van der Waals surface area (Å²) in [5.74, 6) is 0.360. The highest BCUT2D eigenvalue weighted by molar-refractivity contribution is 9.11. The average molecular weight is 354 g/mol. The van der Waals surface area contributed by atoms with Crippen LogP contribution in [0.2, 0.25) is 0 Å². The summed E-state index contributed by atoms with van der Waals surface area (Å²) in [5.41, 5.74) is 6.94. The molecule has 0 saturated heterocycles. The van der Waals surface area contributed by atoms with E-state index in [9.17, 15) is 4.79 Å². The molecule has 6 heteroatoms. The lowest BCUT2D eigenvalue weighted by Gasteiger charge is -2.10. The van der Waals surface area contributed by atoms with Crippen molar-refractivity contribution in [1.29, 1.82) is 0 Å². The first-order chi connectivity index (χ1) is 7.04. The molecular formula is C9H10Br2N2OS. The van der Waals surface area contributed by atoms with Crippen molar-refractivity contribution in [1.82, 2.24) is 0 Å². The van der Waals surface area contributed by atoms with Gasteiger partial charge in [0.2, 0.25) is 5.91 Å². The first-order valence-corrected chi connectivity index (χ1v) is 7.06. The number of hydrogen-bond donors (Lipinski definition) is 2. The highest BCUT2D eigenvalue weighted by Gasteiger charge is 2.09. The van der Waals surface area contributed by atoms with Gasteiger partial charge in [-0.15, -0.1) is 0 Å². The third kappa shape index (κ3) is 3.70. The molecule has 0 fully saturated rings. The summed E-state index contributed by atoms with van der Waals surface area (Å²) in [5, 5.41) is 2.75. The molecule has 0 aliphatic heterocycles. The van der Waals surface area contributed by atoms with Crippen molar-refractivity contribution in [3.05, 3.63) is 21.1 Å². The van der Waals surface area contributed by atoms with Crippen molar-refractivity contribution in [3.8, 4) is 0 Å². The number of carbonyl (C=O) groups excluding carboxylic acids is 1. The van der Waals surface area contributed by atoms with Crippen LogP contribution in [0.3, 0.4) is 0 Å². The molecule has 0 aliphatic rings. The van der Waals surface area contributed by atoms with Gasteiger partial charge in [0.15, 0.2) is 0 Å². The molecular weight excluding hydrogens is 344 g/mol. The van der Waals surface area contributed by atoms with Crippen molar-refractivity contribution < 1.29 is 4.79 Å². The van der Waals surface area contributed by atoms with Crippen LogP contribution in [0.4, 0.5) is 11.4 Å². The number of nitrogens with one attached hydrogen (secondary N) is 1. The Balaban J connectivity index is 2.90. The molecule has 0 spiro atoms. The monoisotopic (exact) mass is 352 g/mol. The third-order valence-corrected chi connectivity index (χ3v) is 3.26. The molecule has 82 valence electrons. The Kier molecular flexibility index (Phi) is 4.95. The van der Waals surface area contributed by atoms with E-state index in [1.165, 1.54) is 11.8 Å². The number of nitrogen functional groups attached to an aromatic ring is 1. The normalized spacial score (nSPS) is 10.1. The highest BCUT2D eigenvalue weighted by atomic mass is 79.9. The predicted octanol–water partition coefficient (Wildman–Crippen LogP) is 3.10. The zero-order valence-electron chi connectivity index (χ0n) is 8.01. The summed E-state index contributed by atoms with van der Waals surface area (Å²) in [6.45, 7) is 0. The zero-order valence-corrected chi connectivity index (χ0v) is 12.0. The molecule has 15 heavy (non-hydrogen) atoms. The van der Waals surface area contributed by atoms with E-state index < -0.39 is 0 Å². The van der Waals surface area contributed by atoms with Crippen molar-refractivity contribution in [2.45, 2.75) is 0 Å². The van der Waals surface area contributed by atoms with Crippen LogP contribution in [0.5, 0.6) is 0 Å². The Labute approximate surface area is 109 Å². The molecule has 1 amide bonds. The summed E-state index contributed by atoms with van der Waals surface area (Å²) in [6, 6.07) is 3.59. The smallest absolute Gasteiger partial charge is 0.234 e. The summed E-state index contributed by atoms with van der Waals surface area (Å²) in [6.07, 6.45) is 1.87. The molecule has 0 atom stereocenters. The molecule has 3 nitrogen and oxygen atoms in total. The second kappa shape index (κ2) is 5.77. The minimum absolute atomic E-state index is 0.0581. The average Bonchev–Trinajstić information content (AvgIpc) is 2.11. The number of rotatable bonds is 3.